The molecule has 1 aliphatic carbocycles. The highest BCUT2D eigenvalue weighted by molar-refractivity contribution is 7.15. The van der Waals surface area contributed by atoms with E-state index in [1.807, 2.05) is 11.8 Å². The van der Waals surface area contributed by atoms with Gasteiger partial charge in [-0.05, 0) is 75.1 Å². The second-order valence-corrected chi connectivity index (χ2v) is 9.85. The molecule has 2 aromatic carbocycles. The zero-order valence-electron chi connectivity index (χ0n) is 18.4. The number of aromatic nitrogens is 1. The van der Waals surface area contributed by atoms with Crippen molar-refractivity contribution in [2.45, 2.75) is 47.0 Å². The predicted molar refractivity (Wildman–Crippen MR) is 125 cm³/mol. The molecular weight excluding hydrogens is 388 g/mol. The van der Waals surface area contributed by atoms with Crippen LogP contribution in [-0.4, -0.2) is 28.9 Å². The summed E-state index contributed by atoms with van der Waals surface area (Å²) in [6.07, 6.45) is 3.34. The van der Waals surface area contributed by atoms with Crippen molar-refractivity contribution < 1.29 is 4.79 Å². The van der Waals surface area contributed by atoms with E-state index in [2.05, 4.69) is 68.2 Å². The number of benzene rings is 2. The summed E-state index contributed by atoms with van der Waals surface area (Å²) in [5.74, 6) is 0.725. The molecule has 4 heteroatoms. The van der Waals surface area contributed by atoms with E-state index in [-0.39, 0.29) is 5.91 Å². The van der Waals surface area contributed by atoms with Gasteiger partial charge in [0.2, 0.25) is 0 Å². The van der Waals surface area contributed by atoms with Crippen LogP contribution < -0.4 is 0 Å². The molecule has 0 atom stereocenters. The fraction of sp³-hybridized carbons (Fsp3) is 0.385. The van der Waals surface area contributed by atoms with E-state index in [0.717, 1.165) is 35.0 Å². The Balaban J connectivity index is 1.60. The Morgan fingerprint density at radius 1 is 1.07 bits per heavy atom. The van der Waals surface area contributed by atoms with Gasteiger partial charge in [0.25, 0.3) is 5.91 Å². The molecule has 3 nitrogen and oxygen atoms in total. The molecule has 1 amide bonds. The van der Waals surface area contributed by atoms with Crippen molar-refractivity contribution in [1.29, 1.82) is 0 Å². The van der Waals surface area contributed by atoms with Crippen LogP contribution in [0.1, 0.15) is 50.6 Å². The summed E-state index contributed by atoms with van der Waals surface area (Å²) in [6, 6.07) is 15.0. The molecule has 0 radical (unpaired) electrons. The third kappa shape index (κ3) is 4.81. The van der Waals surface area contributed by atoms with Crippen LogP contribution >= 0.6 is 11.3 Å². The first-order valence-corrected chi connectivity index (χ1v) is 11.6. The third-order valence-electron chi connectivity index (χ3n) is 5.92. The van der Waals surface area contributed by atoms with E-state index in [1.165, 1.54) is 35.1 Å². The second kappa shape index (κ2) is 8.73. The van der Waals surface area contributed by atoms with Crippen molar-refractivity contribution in [3.63, 3.8) is 0 Å². The predicted octanol–water partition coefficient (Wildman–Crippen LogP) is 6.14. The minimum absolute atomic E-state index is 0.0760. The normalized spacial score (nSPS) is 13.5. The Morgan fingerprint density at radius 2 is 1.87 bits per heavy atom. The number of thiazole rings is 1. The van der Waals surface area contributed by atoms with Gasteiger partial charge in [-0.25, -0.2) is 4.98 Å². The number of carbonyl (C=O) groups excluding carboxylic acids is 1. The molecule has 0 saturated heterocycles. The first kappa shape index (κ1) is 20.8. The molecule has 1 fully saturated rings. The van der Waals surface area contributed by atoms with E-state index in [9.17, 15) is 4.79 Å². The van der Waals surface area contributed by atoms with Crippen LogP contribution in [0.15, 0.2) is 42.5 Å². The van der Waals surface area contributed by atoms with Gasteiger partial charge in [-0.15, -0.1) is 11.3 Å². The molecule has 1 aromatic heterocycles. The molecule has 0 N–H and O–H groups in total. The largest absolute Gasteiger partial charge is 0.337 e. The summed E-state index contributed by atoms with van der Waals surface area (Å²) in [4.78, 5) is 21.3. The summed E-state index contributed by atoms with van der Waals surface area (Å²) >= 11 is 1.62. The summed E-state index contributed by atoms with van der Waals surface area (Å²) in [5.41, 5.74) is 6.77. The van der Waals surface area contributed by atoms with Gasteiger partial charge in [0.05, 0.1) is 9.88 Å². The van der Waals surface area contributed by atoms with Gasteiger partial charge in [0.15, 0.2) is 0 Å². The fourth-order valence-electron chi connectivity index (χ4n) is 3.82. The number of carbonyl (C=O) groups is 1. The van der Waals surface area contributed by atoms with E-state index in [4.69, 9.17) is 0 Å². The summed E-state index contributed by atoms with van der Waals surface area (Å²) in [5, 5.41) is 0.941. The maximum atomic E-state index is 13.6. The number of rotatable bonds is 7. The second-order valence-electron chi connectivity index (χ2n) is 8.64. The lowest BCUT2D eigenvalue weighted by Gasteiger charge is -2.22. The highest BCUT2D eigenvalue weighted by atomic mass is 32.1. The number of hydrogen-bond acceptors (Lipinski definition) is 3. The molecular formula is C26H30N2OS. The topological polar surface area (TPSA) is 33.2 Å². The molecule has 1 aliphatic rings. The number of nitrogens with zero attached hydrogens (tertiary/aromatic N) is 2. The van der Waals surface area contributed by atoms with Gasteiger partial charge in [-0.3, -0.25) is 4.79 Å². The van der Waals surface area contributed by atoms with Gasteiger partial charge in [-0.2, -0.15) is 0 Å². The molecule has 0 aliphatic heterocycles. The average Bonchev–Trinajstić information content (AvgIpc) is 3.45. The van der Waals surface area contributed by atoms with Gasteiger partial charge < -0.3 is 4.90 Å². The van der Waals surface area contributed by atoms with Crippen LogP contribution in [-0.2, 0) is 6.42 Å². The number of aryl methyl sites for hydroxylation is 4. The molecule has 0 unspecified atom stereocenters. The number of amides is 1. The van der Waals surface area contributed by atoms with Crippen LogP contribution in [0.25, 0.3) is 10.4 Å². The molecule has 4 rings (SSSR count). The van der Waals surface area contributed by atoms with Crippen molar-refractivity contribution in [1.82, 2.24) is 9.88 Å². The zero-order valence-corrected chi connectivity index (χ0v) is 19.2. The Morgan fingerprint density at radius 3 is 2.57 bits per heavy atom. The van der Waals surface area contributed by atoms with Gasteiger partial charge in [0, 0.05) is 13.1 Å². The van der Waals surface area contributed by atoms with Crippen molar-refractivity contribution >= 4 is 17.2 Å². The first-order chi connectivity index (χ1) is 14.4. The van der Waals surface area contributed by atoms with E-state index in [0.29, 0.717) is 11.6 Å². The Kier molecular flexibility index (Phi) is 6.05. The maximum absolute atomic E-state index is 13.6. The molecule has 1 saturated carbocycles. The quantitative estimate of drug-likeness (QED) is 0.462. The highest BCUT2D eigenvalue weighted by Gasteiger charge is 2.30. The lowest BCUT2D eigenvalue weighted by molar-refractivity contribution is 0.0745. The van der Waals surface area contributed by atoms with Crippen LogP contribution in [0.2, 0.25) is 0 Å². The van der Waals surface area contributed by atoms with Crippen molar-refractivity contribution in [3.8, 4) is 10.4 Å². The van der Waals surface area contributed by atoms with Crippen LogP contribution in [0.5, 0.6) is 0 Å². The van der Waals surface area contributed by atoms with Crippen LogP contribution in [0.3, 0.4) is 0 Å². The SMILES string of the molecule is Cc1cccc(CCN(CC2CC2)C(=O)c2nc(C)sc2-c2ccc(C)c(C)c2)c1. The fourth-order valence-corrected chi connectivity index (χ4v) is 4.73. The monoisotopic (exact) mass is 418 g/mol. The first-order valence-electron chi connectivity index (χ1n) is 10.8. The molecule has 1 heterocycles. The zero-order chi connectivity index (χ0) is 21.3. The lowest BCUT2D eigenvalue weighted by atomic mass is 10.0. The van der Waals surface area contributed by atoms with Gasteiger partial charge in [-0.1, -0.05) is 48.0 Å². The highest BCUT2D eigenvalue weighted by Crippen LogP contribution is 2.34. The minimum Gasteiger partial charge on any atom is -0.337 e. The molecule has 0 bridgehead atoms. The lowest BCUT2D eigenvalue weighted by Crippen LogP contribution is -2.35. The van der Waals surface area contributed by atoms with Crippen molar-refractivity contribution in [2.24, 2.45) is 5.92 Å². The van der Waals surface area contributed by atoms with Gasteiger partial charge in [0.1, 0.15) is 5.69 Å². The van der Waals surface area contributed by atoms with Crippen LogP contribution in [0, 0.1) is 33.6 Å². The smallest absolute Gasteiger partial charge is 0.274 e. The van der Waals surface area contributed by atoms with Crippen LogP contribution in [0.4, 0.5) is 0 Å². The average molecular weight is 419 g/mol. The van der Waals surface area contributed by atoms with Crippen molar-refractivity contribution in [2.75, 3.05) is 13.1 Å². The Labute approximate surface area is 183 Å². The summed E-state index contributed by atoms with van der Waals surface area (Å²) < 4.78 is 0. The number of hydrogen-bond donors (Lipinski definition) is 0. The third-order valence-corrected chi connectivity index (χ3v) is 6.94. The summed E-state index contributed by atoms with van der Waals surface area (Å²) in [6.45, 7) is 9.92. The summed E-state index contributed by atoms with van der Waals surface area (Å²) in [7, 11) is 0. The Bertz CT molecular complexity index is 1060. The molecule has 30 heavy (non-hydrogen) atoms. The van der Waals surface area contributed by atoms with Gasteiger partial charge >= 0.3 is 0 Å². The molecule has 0 spiro atoms. The minimum atomic E-state index is 0.0760. The maximum Gasteiger partial charge on any atom is 0.274 e. The standard InChI is InChI=1S/C26H30N2OS/c1-17-6-5-7-21(14-17)12-13-28(16-22-9-10-22)26(29)24-25(30-20(4)27-24)23-11-8-18(2)19(3)15-23/h5-8,11,14-15,22H,9-10,12-13,16H2,1-4H3. The van der Waals surface area contributed by atoms with E-state index in [1.54, 1.807) is 11.3 Å². The van der Waals surface area contributed by atoms with Crippen molar-refractivity contribution in [3.05, 3.63) is 75.4 Å². The molecule has 156 valence electrons. The van der Waals surface area contributed by atoms with E-state index < -0.39 is 0 Å². The van der Waals surface area contributed by atoms with E-state index >= 15 is 0 Å². The Hall–Kier alpha value is -2.46. The molecule has 3 aromatic rings.